The number of hydrogen-bond donors (Lipinski definition) is 0. The number of hydrogen-bond acceptors (Lipinski definition) is 4. The number of aromatic nitrogens is 3. The van der Waals surface area contributed by atoms with Crippen molar-refractivity contribution in [2.75, 3.05) is 0 Å². The minimum absolute atomic E-state index is 0.389. The van der Waals surface area contributed by atoms with E-state index in [9.17, 15) is 5.26 Å². The zero-order valence-electron chi connectivity index (χ0n) is 30.8. The van der Waals surface area contributed by atoms with Gasteiger partial charge in [0.05, 0.1) is 17.0 Å². The molecule has 0 radical (unpaired) electrons. The Kier molecular flexibility index (Phi) is 7.42. The number of rotatable bonds is 5. The van der Waals surface area contributed by atoms with E-state index in [4.69, 9.17) is 15.0 Å². The zero-order chi connectivity index (χ0) is 37.9. The third-order valence-electron chi connectivity index (χ3n) is 11.6. The van der Waals surface area contributed by atoms with E-state index < -0.39 is 0 Å². The fourth-order valence-corrected chi connectivity index (χ4v) is 9.14. The van der Waals surface area contributed by atoms with Gasteiger partial charge in [0.25, 0.3) is 0 Å². The molecule has 1 spiro atoms. The minimum atomic E-state index is -0.389. The smallest absolute Gasteiger partial charge is 0.164 e. The first-order valence-electron chi connectivity index (χ1n) is 19.2. The SMILES string of the molecule is N#Cc1cccc(-c2cccc(-c3nc(-c4ccccc4)nc(-c4ccc(-c5cccc6c5-c5ccccc5C65c6ccccc6-c6ccccc65)cc4)n3)c2)c1. The topological polar surface area (TPSA) is 62.5 Å². The highest BCUT2D eigenvalue weighted by atomic mass is 15.0. The molecule has 0 bridgehead atoms. The average molecular weight is 725 g/mol. The molecule has 0 saturated heterocycles. The van der Waals surface area contributed by atoms with Crippen molar-refractivity contribution in [1.29, 1.82) is 5.26 Å². The van der Waals surface area contributed by atoms with E-state index in [1.165, 1.54) is 50.1 Å². The van der Waals surface area contributed by atoms with Crippen LogP contribution in [0.4, 0.5) is 0 Å². The van der Waals surface area contributed by atoms with Crippen LogP contribution in [0.25, 0.3) is 78.7 Å². The third kappa shape index (κ3) is 5.03. The molecule has 57 heavy (non-hydrogen) atoms. The van der Waals surface area contributed by atoms with E-state index in [2.05, 4.69) is 127 Å². The molecule has 4 heteroatoms. The number of fused-ring (bicyclic) bond motifs is 10. The van der Waals surface area contributed by atoms with E-state index in [0.717, 1.165) is 33.4 Å². The second-order valence-corrected chi connectivity index (χ2v) is 14.6. The van der Waals surface area contributed by atoms with Gasteiger partial charge in [0.1, 0.15) is 0 Å². The summed E-state index contributed by atoms with van der Waals surface area (Å²) in [5, 5.41) is 9.51. The second kappa shape index (κ2) is 12.9. The zero-order valence-corrected chi connectivity index (χ0v) is 30.8. The Morgan fingerprint density at radius 1 is 0.333 bits per heavy atom. The van der Waals surface area contributed by atoms with E-state index in [1.807, 2.05) is 72.8 Å². The van der Waals surface area contributed by atoms with Crippen molar-refractivity contribution in [3.8, 4) is 84.7 Å². The second-order valence-electron chi connectivity index (χ2n) is 14.6. The molecule has 1 heterocycles. The summed E-state index contributed by atoms with van der Waals surface area (Å²) >= 11 is 0. The van der Waals surface area contributed by atoms with Gasteiger partial charge in [-0.2, -0.15) is 5.26 Å². The Balaban J connectivity index is 1.04. The Hall–Kier alpha value is -7.74. The highest BCUT2D eigenvalue weighted by molar-refractivity contribution is 6.00. The van der Waals surface area contributed by atoms with Gasteiger partial charge in [-0.05, 0) is 85.0 Å². The molecule has 0 N–H and O–H groups in total. The summed E-state index contributed by atoms with van der Waals surface area (Å²) in [4.78, 5) is 15.1. The van der Waals surface area contributed by atoms with E-state index in [1.54, 1.807) is 0 Å². The van der Waals surface area contributed by atoms with Crippen LogP contribution in [-0.2, 0) is 5.41 Å². The molecule has 1 aromatic heterocycles. The lowest BCUT2D eigenvalue weighted by Crippen LogP contribution is -2.25. The van der Waals surface area contributed by atoms with Crippen molar-refractivity contribution in [2.24, 2.45) is 0 Å². The van der Waals surface area contributed by atoms with Gasteiger partial charge in [0.15, 0.2) is 17.5 Å². The van der Waals surface area contributed by atoms with Crippen LogP contribution >= 0.6 is 0 Å². The molecule has 2 aliphatic carbocycles. The minimum Gasteiger partial charge on any atom is -0.208 e. The van der Waals surface area contributed by atoms with Crippen LogP contribution in [0.5, 0.6) is 0 Å². The molecular weight excluding hydrogens is 693 g/mol. The highest BCUT2D eigenvalue weighted by Gasteiger charge is 2.51. The first-order chi connectivity index (χ1) is 28.2. The molecule has 4 nitrogen and oxygen atoms in total. The summed E-state index contributed by atoms with van der Waals surface area (Å²) in [7, 11) is 0. The standard InChI is InChI=1S/C53H32N4/c54-33-34-13-10-16-38(31-34)39-17-11-18-40(32-39)52-56-50(36-14-2-1-3-15-36)55-51(57-52)37-29-27-35(28-30-37)41-22-12-26-48-49(41)44-21-6-9-25-47(44)53(48)45-23-7-4-19-42(45)43-20-5-8-24-46(43)53/h1-32H. The Bertz CT molecular complexity index is 3040. The van der Waals surface area contributed by atoms with Gasteiger partial charge < -0.3 is 0 Å². The van der Waals surface area contributed by atoms with Crippen LogP contribution < -0.4 is 0 Å². The molecule has 264 valence electrons. The summed E-state index contributed by atoms with van der Waals surface area (Å²) in [6.45, 7) is 0. The molecule has 2 aliphatic rings. The lowest BCUT2D eigenvalue weighted by molar-refractivity contribution is 0.794. The number of nitriles is 1. The summed E-state index contributed by atoms with van der Waals surface area (Å²) in [6.07, 6.45) is 0. The van der Waals surface area contributed by atoms with E-state index in [0.29, 0.717) is 23.0 Å². The monoisotopic (exact) mass is 724 g/mol. The Morgan fingerprint density at radius 2 is 0.772 bits per heavy atom. The first-order valence-corrected chi connectivity index (χ1v) is 19.2. The maximum Gasteiger partial charge on any atom is 0.164 e. The molecule has 0 amide bonds. The number of nitrogens with zero attached hydrogens (tertiary/aromatic N) is 4. The summed E-state index contributed by atoms with van der Waals surface area (Å²) in [6, 6.07) is 70.3. The highest BCUT2D eigenvalue weighted by Crippen LogP contribution is 2.63. The fraction of sp³-hybridized carbons (Fsp3) is 0.0189. The number of benzene rings is 8. The van der Waals surface area contributed by atoms with Crippen LogP contribution in [0.3, 0.4) is 0 Å². The predicted octanol–water partition coefficient (Wildman–Crippen LogP) is 12.4. The summed E-state index contributed by atoms with van der Waals surface area (Å²) in [5.74, 6) is 1.79. The molecule has 0 atom stereocenters. The van der Waals surface area contributed by atoms with Gasteiger partial charge in [-0.25, -0.2) is 15.0 Å². The van der Waals surface area contributed by atoms with Gasteiger partial charge in [-0.1, -0.05) is 176 Å². The Morgan fingerprint density at radius 3 is 1.44 bits per heavy atom. The van der Waals surface area contributed by atoms with Gasteiger partial charge in [0.2, 0.25) is 0 Å². The molecule has 0 fully saturated rings. The van der Waals surface area contributed by atoms with Gasteiger partial charge in [-0.3, -0.25) is 0 Å². The first kappa shape index (κ1) is 32.7. The molecule has 9 aromatic rings. The van der Waals surface area contributed by atoms with Crippen molar-refractivity contribution >= 4 is 0 Å². The Labute approximate surface area is 331 Å². The van der Waals surface area contributed by atoms with Crippen LogP contribution in [0.2, 0.25) is 0 Å². The summed E-state index contributed by atoms with van der Waals surface area (Å²) < 4.78 is 0. The van der Waals surface area contributed by atoms with Crippen LogP contribution in [0.1, 0.15) is 27.8 Å². The maximum atomic E-state index is 9.51. The summed E-state index contributed by atoms with van der Waals surface area (Å²) in [5.41, 5.74) is 17.7. The average Bonchev–Trinajstić information content (AvgIpc) is 3.77. The predicted molar refractivity (Wildman–Crippen MR) is 228 cm³/mol. The lowest BCUT2D eigenvalue weighted by atomic mass is 9.70. The van der Waals surface area contributed by atoms with Crippen LogP contribution in [0.15, 0.2) is 194 Å². The van der Waals surface area contributed by atoms with Gasteiger partial charge in [-0.15, -0.1) is 0 Å². The van der Waals surface area contributed by atoms with Crippen LogP contribution in [0, 0.1) is 11.3 Å². The molecule has 0 aliphatic heterocycles. The molecular formula is C53H32N4. The van der Waals surface area contributed by atoms with Crippen molar-refractivity contribution in [3.05, 3.63) is 222 Å². The van der Waals surface area contributed by atoms with Gasteiger partial charge >= 0.3 is 0 Å². The largest absolute Gasteiger partial charge is 0.208 e. The van der Waals surface area contributed by atoms with E-state index >= 15 is 0 Å². The molecule has 0 saturated carbocycles. The van der Waals surface area contributed by atoms with Crippen LogP contribution in [-0.4, -0.2) is 15.0 Å². The van der Waals surface area contributed by atoms with Crippen molar-refractivity contribution in [1.82, 2.24) is 15.0 Å². The van der Waals surface area contributed by atoms with Crippen molar-refractivity contribution in [2.45, 2.75) is 5.41 Å². The fourth-order valence-electron chi connectivity index (χ4n) is 9.14. The normalized spacial score (nSPS) is 12.7. The van der Waals surface area contributed by atoms with E-state index in [-0.39, 0.29) is 5.41 Å². The quantitative estimate of drug-likeness (QED) is 0.177. The molecule has 0 unspecified atom stereocenters. The third-order valence-corrected chi connectivity index (χ3v) is 11.6. The molecule has 11 rings (SSSR count). The van der Waals surface area contributed by atoms with Crippen molar-refractivity contribution in [3.63, 3.8) is 0 Å². The maximum absolute atomic E-state index is 9.51. The van der Waals surface area contributed by atoms with Crippen molar-refractivity contribution < 1.29 is 0 Å². The lowest BCUT2D eigenvalue weighted by Gasteiger charge is -2.30. The van der Waals surface area contributed by atoms with Gasteiger partial charge in [0, 0.05) is 16.7 Å². The molecule has 8 aromatic carbocycles.